The Labute approximate surface area is 193 Å². The quantitative estimate of drug-likeness (QED) is 0.425. The molecule has 2 heterocycles. The number of aromatic nitrogens is 6. The van der Waals surface area contributed by atoms with Crippen molar-refractivity contribution >= 4 is 0 Å². The summed E-state index contributed by atoms with van der Waals surface area (Å²) in [5.74, 6) is 1.47. The molecule has 8 nitrogen and oxygen atoms in total. The molecule has 0 saturated heterocycles. The Morgan fingerprint density at radius 2 is 1.79 bits per heavy atom. The van der Waals surface area contributed by atoms with Gasteiger partial charge < -0.3 is 4.90 Å². The highest BCUT2D eigenvalue weighted by atomic mass is 16.1. The van der Waals surface area contributed by atoms with E-state index in [1.165, 1.54) is 0 Å². The van der Waals surface area contributed by atoms with Crippen LogP contribution in [0.25, 0.3) is 22.5 Å². The molecule has 0 amide bonds. The maximum absolute atomic E-state index is 13.2. The van der Waals surface area contributed by atoms with Gasteiger partial charge in [-0.1, -0.05) is 61.9 Å². The van der Waals surface area contributed by atoms with Crippen molar-refractivity contribution < 1.29 is 0 Å². The Bertz CT molecular complexity index is 1240. The first-order valence-electron chi connectivity index (χ1n) is 11.2. The van der Waals surface area contributed by atoms with Crippen molar-refractivity contribution in [3.8, 4) is 22.5 Å². The third-order valence-corrected chi connectivity index (χ3v) is 5.57. The van der Waals surface area contributed by atoms with Crippen molar-refractivity contribution in [2.24, 2.45) is 0 Å². The summed E-state index contributed by atoms with van der Waals surface area (Å²) in [4.78, 5) is 19.9. The Morgan fingerprint density at radius 1 is 1.03 bits per heavy atom. The van der Waals surface area contributed by atoms with Crippen LogP contribution in [0.5, 0.6) is 0 Å². The Hall–Kier alpha value is -3.65. The predicted octanol–water partition coefficient (Wildman–Crippen LogP) is 3.54. The van der Waals surface area contributed by atoms with E-state index in [0.29, 0.717) is 24.5 Å². The van der Waals surface area contributed by atoms with Gasteiger partial charge >= 0.3 is 0 Å². The molecule has 2 aromatic carbocycles. The third-order valence-electron chi connectivity index (χ3n) is 5.57. The molecule has 0 aliphatic rings. The summed E-state index contributed by atoms with van der Waals surface area (Å²) in [7, 11) is 3.92. The first-order chi connectivity index (χ1) is 16.1. The minimum Gasteiger partial charge on any atom is -0.305 e. The monoisotopic (exact) mass is 443 g/mol. The fraction of sp³-hybridized carbons (Fsp3) is 0.320. The van der Waals surface area contributed by atoms with Crippen molar-refractivity contribution in [3.63, 3.8) is 0 Å². The fourth-order valence-electron chi connectivity index (χ4n) is 3.90. The number of nitrogens with zero attached hydrogens (tertiary/aromatic N) is 6. The molecule has 0 fully saturated rings. The Kier molecular flexibility index (Phi) is 7.04. The molecule has 2 aromatic heterocycles. The SMILES string of the molecule is CCCCc1ncc(CN(C)C)c(=O)n1Cc1ccc(-c2ccccc2-c2nnn[nH]2)cc1. The number of tetrazole rings is 1. The summed E-state index contributed by atoms with van der Waals surface area (Å²) in [6.45, 7) is 3.22. The zero-order valence-corrected chi connectivity index (χ0v) is 19.3. The summed E-state index contributed by atoms with van der Waals surface area (Å²) in [6, 6.07) is 16.3. The molecular weight excluding hydrogens is 414 g/mol. The summed E-state index contributed by atoms with van der Waals surface area (Å²) in [5, 5.41) is 14.3. The highest BCUT2D eigenvalue weighted by molar-refractivity contribution is 5.80. The zero-order chi connectivity index (χ0) is 23.2. The molecule has 0 aliphatic carbocycles. The maximum atomic E-state index is 13.2. The number of nitrogens with one attached hydrogen (secondary N) is 1. The summed E-state index contributed by atoms with van der Waals surface area (Å²) in [5.41, 5.74) is 4.85. The van der Waals surface area contributed by atoms with E-state index in [1.54, 1.807) is 6.20 Å². The largest absolute Gasteiger partial charge is 0.305 e. The van der Waals surface area contributed by atoms with E-state index in [4.69, 9.17) is 0 Å². The van der Waals surface area contributed by atoms with Gasteiger partial charge in [0.1, 0.15) is 5.82 Å². The number of benzene rings is 2. The molecule has 0 atom stereocenters. The topological polar surface area (TPSA) is 92.6 Å². The summed E-state index contributed by atoms with van der Waals surface area (Å²) < 4.78 is 1.83. The van der Waals surface area contributed by atoms with E-state index in [-0.39, 0.29) is 5.56 Å². The summed E-state index contributed by atoms with van der Waals surface area (Å²) >= 11 is 0. The maximum Gasteiger partial charge on any atom is 0.258 e. The molecule has 0 bridgehead atoms. The van der Waals surface area contributed by atoms with Crippen LogP contribution in [-0.2, 0) is 19.5 Å². The zero-order valence-electron chi connectivity index (χ0n) is 19.3. The van der Waals surface area contributed by atoms with Gasteiger partial charge in [0.15, 0.2) is 5.82 Å². The molecule has 0 unspecified atom stereocenters. The first kappa shape index (κ1) is 22.5. The van der Waals surface area contributed by atoms with E-state index >= 15 is 0 Å². The molecule has 1 N–H and O–H groups in total. The van der Waals surface area contributed by atoms with E-state index in [2.05, 4.69) is 62.9 Å². The second kappa shape index (κ2) is 10.3. The molecule has 0 aliphatic heterocycles. The number of hydrogen-bond acceptors (Lipinski definition) is 6. The first-order valence-corrected chi connectivity index (χ1v) is 11.2. The highest BCUT2D eigenvalue weighted by Gasteiger charge is 2.13. The van der Waals surface area contributed by atoms with Gasteiger partial charge in [-0.3, -0.25) is 9.36 Å². The van der Waals surface area contributed by atoms with Gasteiger partial charge in [0, 0.05) is 30.3 Å². The van der Waals surface area contributed by atoms with E-state index in [9.17, 15) is 4.79 Å². The van der Waals surface area contributed by atoms with Crippen LogP contribution in [0.1, 0.15) is 36.7 Å². The lowest BCUT2D eigenvalue weighted by molar-refractivity contribution is 0.397. The normalized spacial score (nSPS) is 11.3. The van der Waals surface area contributed by atoms with Gasteiger partial charge in [-0.05, 0) is 47.6 Å². The van der Waals surface area contributed by atoms with Gasteiger partial charge in [0.05, 0.1) is 6.54 Å². The van der Waals surface area contributed by atoms with Gasteiger partial charge in [-0.15, -0.1) is 5.10 Å². The molecular formula is C25H29N7O. The van der Waals surface area contributed by atoms with E-state index in [0.717, 1.165) is 47.3 Å². The lowest BCUT2D eigenvalue weighted by Gasteiger charge is -2.16. The van der Waals surface area contributed by atoms with Crippen LogP contribution in [0.4, 0.5) is 0 Å². The minimum absolute atomic E-state index is 0.0389. The van der Waals surface area contributed by atoms with Crippen LogP contribution in [-0.4, -0.2) is 49.2 Å². The van der Waals surface area contributed by atoms with Crippen molar-refractivity contribution in [2.45, 2.75) is 39.3 Å². The number of rotatable bonds is 9. The Morgan fingerprint density at radius 3 is 2.45 bits per heavy atom. The van der Waals surface area contributed by atoms with Crippen LogP contribution in [0.3, 0.4) is 0 Å². The van der Waals surface area contributed by atoms with Crippen LogP contribution < -0.4 is 5.56 Å². The van der Waals surface area contributed by atoms with Gasteiger partial charge in [-0.25, -0.2) is 10.1 Å². The molecule has 170 valence electrons. The Balaban J connectivity index is 1.64. The molecule has 4 rings (SSSR count). The minimum atomic E-state index is 0.0389. The summed E-state index contributed by atoms with van der Waals surface area (Å²) in [6.07, 6.45) is 4.60. The molecule has 33 heavy (non-hydrogen) atoms. The standard InChI is InChI=1S/C25H29N7O/c1-4-5-10-23-26-15-20(17-31(2)3)25(33)32(23)16-18-11-13-19(14-12-18)21-8-6-7-9-22(21)24-27-29-30-28-24/h6-9,11-15H,4-5,10,16-17H2,1-3H3,(H,27,28,29,30). The van der Waals surface area contributed by atoms with E-state index < -0.39 is 0 Å². The lowest BCUT2D eigenvalue weighted by atomic mass is 9.98. The number of aromatic amines is 1. The van der Waals surface area contributed by atoms with Crippen LogP contribution >= 0.6 is 0 Å². The van der Waals surface area contributed by atoms with Crippen LogP contribution in [0.2, 0.25) is 0 Å². The molecule has 0 spiro atoms. The number of hydrogen-bond donors (Lipinski definition) is 1. The second-order valence-electron chi connectivity index (χ2n) is 8.42. The number of H-pyrrole nitrogens is 1. The second-order valence-corrected chi connectivity index (χ2v) is 8.42. The van der Waals surface area contributed by atoms with E-state index in [1.807, 2.05) is 41.8 Å². The molecule has 0 radical (unpaired) electrons. The molecule has 4 aromatic rings. The van der Waals surface area contributed by atoms with Gasteiger partial charge in [0.25, 0.3) is 5.56 Å². The number of aryl methyl sites for hydroxylation is 1. The highest BCUT2D eigenvalue weighted by Crippen LogP contribution is 2.29. The van der Waals surface area contributed by atoms with Crippen LogP contribution in [0, 0.1) is 0 Å². The molecule has 8 heteroatoms. The lowest BCUT2D eigenvalue weighted by Crippen LogP contribution is -2.30. The smallest absolute Gasteiger partial charge is 0.258 e. The molecule has 0 saturated carbocycles. The van der Waals surface area contributed by atoms with Crippen molar-refractivity contribution in [3.05, 3.63) is 82.0 Å². The van der Waals surface area contributed by atoms with Gasteiger partial charge in [0.2, 0.25) is 0 Å². The van der Waals surface area contributed by atoms with Crippen LogP contribution in [0.15, 0.2) is 59.5 Å². The predicted molar refractivity (Wildman–Crippen MR) is 129 cm³/mol. The van der Waals surface area contributed by atoms with Crippen molar-refractivity contribution in [1.82, 2.24) is 35.1 Å². The van der Waals surface area contributed by atoms with Crippen molar-refractivity contribution in [1.29, 1.82) is 0 Å². The number of unbranched alkanes of at least 4 members (excludes halogenated alkanes) is 1. The average Bonchev–Trinajstić information content (AvgIpc) is 3.36. The fourth-order valence-corrected chi connectivity index (χ4v) is 3.90. The third kappa shape index (κ3) is 5.23. The van der Waals surface area contributed by atoms with Gasteiger partial charge in [-0.2, -0.15) is 0 Å². The average molecular weight is 444 g/mol. The van der Waals surface area contributed by atoms with Crippen molar-refractivity contribution in [2.75, 3.05) is 14.1 Å².